The maximum Gasteiger partial charge on any atom is 0.243 e. The van der Waals surface area contributed by atoms with Crippen molar-refractivity contribution in [1.82, 2.24) is 5.32 Å². The second-order valence-electron chi connectivity index (χ2n) is 6.99. The molecule has 4 bridgehead atoms. The molecule has 3 N–H and O–H groups in total. The Morgan fingerprint density at radius 2 is 1.80 bits per heavy atom. The number of nitriles is 1. The summed E-state index contributed by atoms with van der Waals surface area (Å²) in [6.07, 6.45) is 8.00. The number of nitrogens with two attached hydrogens (primary N) is 1. The number of rotatable bonds is 4. The van der Waals surface area contributed by atoms with E-state index in [4.69, 9.17) is 5.73 Å². The maximum atomic E-state index is 10.9. The zero-order valence-electron chi connectivity index (χ0n) is 12.0. The zero-order valence-corrected chi connectivity index (χ0v) is 12.0. The molecule has 0 spiro atoms. The van der Waals surface area contributed by atoms with Gasteiger partial charge in [-0.1, -0.05) is 0 Å². The normalized spacial score (nSPS) is 40.2. The lowest BCUT2D eigenvalue weighted by Crippen LogP contribution is -2.52. The second kappa shape index (κ2) is 5.12. The molecule has 4 rings (SSSR count). The second-order valence-corrected chi connectivity index (χ2v) is 6.99. The van der Waals surface area contributed by atoms with Crippen molar-refractivity contribution >= 4 is 5.91 Å². The molecular formula is C16H23N3O. The van der Waals surface area contributed by atoms with E-state index in [-0.39, 0.29) is 6.04 Å². The first-order chi connectivity index (χ1) is 9.56. The van der Waals surface area contributed by atoms with Gasteiger partial charge in [-0.25, -0.2) is 0 Å². The fourth-order valence-corrected chi connectivity index (χ4v) is 5.23. The van der Waals surface area contributed by atoms with Gasteiger partial charge >= 0.3 is 0 Å². The molecule has 1 atom stereocenters. The van der Waals surface area contributed by atoms with Crippen molar-refractivity contribution in [2.75, 3.05) is 0 Å². The third-order valence-electron chi connectivity index (χ3n) is 5.57. The quantitative estimate of drug-likeness (QED) is 0.768. The first kappa shape index (κ1) is 13.5. The highest BCUT2D eigenvalue weighted by Gasteiger charge is 2.50. The number of hydrogen-bond donors (Lipinski definition) is 2. The van der Waals surface area contributed by atoms with Crippen LogP contribution in [0.1, 0.15) is 39.0 Å². The molecule has 4 aliphatic rings. The van der Waals surface area contributed by atoms with Crippen molar-refractivity contribution in [1.29, 1.82) is 5.26 Å². The fourth-order valence-electron chi connectivity index (χ4n) is 5.23. The summed E-state index contributed by atoms with van der Waals surface area (Å²) >= 11 is 0. The first-order valence-corrected chi connectivity index (χ1v) is 7.70. The van der Waals surface area contributed by atoms with Crippen molar-refractivity contribution in [2.24, 2.45) is 35.3 Å². The van der Waals surface area contributed by atoms with E-state index in [1.54, 1.807) is 0 Å². The van der Waals surface area contributed by atoms with Crippen LogP contribution in [0.4, 0.5) is 0 Å². The van der Waals surface area contributed by atoms with E-state index in [1.165, 1.54) is 38.2 Å². The molecule has 4 fully saturated rings. The van der Waals surface area contributed by atoms with Crippen molar-refractivity contribution < 1.29 is 4.79 Å². The molecule has 20 heavy (non-hydrogen) atoms. The first-order valence-electron chi connectivity index (χ1n) is 7.70. The van der Waals surface area contributed by atoms with E-state index in [0.29, 0.717) is 23.5 Å². The van der Waals surface area contributed by atoms with Crippen LogP contribution in [0, 0.1) is 40.9 Å². The SMILES string of the molecule is C/C(=C/C(N)=O)NC(C#N)C1C2CC3CC(C2)CC1C3. The minimum absolute atomic E-state index is 0.180. The van der Waals surface area contributed by atoms with Crippen LogP contribution in [-0.2, 0) is 4.79 Å². The zero-order chi connectivity index (χ0) is 14.3. The number of nitrogens with one attached hydrogen (secondary N) is 1. The number of carbonyl (C=O) groups is 1. The molecule has 0 aromatic heterocycles. The molecule has 108 valence electrons. The average Bonchev–Trinajstić information content (AvgIpc) is 2.35. The Bertz CT molecular complexity index is 449. The largest absolute Gasteiger partial charge is 0.373 e. The van der Waals surface area contributed by atoms with Crippen LogP contribution in [0.25, 0.3) is 0 Å². The average molecular weight is 273 g/mol. The van der Waals surface area contributed by atoms with Gasteiger partial charge in [-0.05, 0) is 68.6 Å². The lowest BCUT2D eigenvalue weighted by atomic mass is 9.50. The van der Waals surface area contributed by atoms with E-state index < -0.39 is 5.91 Å². The number of carbonyl (C=O) groups excluding carboxylic acids is 1. The summed E-state index contributed by atoms with van der Waals surface area (Å²) in [7, 11) is 0. The lowest BCUT2D eigenvalue weighted by Gasteiger charge is -2.55. The molecule has 4 nitrogen and oxygen atoms in total. The van der Waals surface area contributed by atoms with E-state index in [9.17, 15) is 10.1 Å². The number of hydrogen-bond acceptors (Lipinski definition) is 3. The summed E-state index contributed by atoms with van der Waals surface area (Å²) in [6.45, 7) is 1.81. The fraction of sp³-hybridized carbons (Fsp3) is 0.750. The molecule has 0 aliphatic heterocycles. The Morgan fingerprint density at radius 1 is 1.25 bits per heavy atom. The molecule has 0 radical (unpaired) electrons. The van der Waals surface area contributed by atoms with Crippen LogP contribution in [-0.4, -0.2) is 11.9 Å². The summed E-state index contributed by atoms with van der Waals surface area (Å²) < 4.78 is 0. The van der Waals surface area contributed by atoms with E-state index in [0.717, 1.165) is 11.8 Å². The van der Waals surface area contributed by atoms with Gasteiger partial charge in [-0.15, -0.1) is 0 Å². The summed E-state index contributed by atoms with van der Waals surface area (Å²) in [6, 6.07) is 2.25. The minimum Gasteiger partial charge on any atom is -0.373 e. The Kier molecular flexibility index (Phi) is 3.45. The summed E-state index contributed by atoms with van der Waals surface area (Å²) in [5.41, 5.74) is 5.87. The number of nitrogens with zero attached hydrogens (tertiary/aromatic N) is 1. The summed E-state index contributed by atoms with van der Waals surface area (Å²) in [5.74, 6) is 3.21. The molecule has 4 aliphatic carbocycles. The lowest BCUT2D eigenvalue weighted by molar-refractivity contribution is -0.113. The van der Waals surface area contributed by atoms with Crippen molar-refractivity contribution in [3.8, 4) is 6.07 Å². The summed E-state index contributed by atoms with van der Waals surface area (Å²) in [5, 5.41) is 12.8. The van der Waals surface area contributed by atoms with Gasteiger partial charge in [0, 0.05) is 11.8 Å². The maximum absolute atomic E-state index is 10.9. The highest BCUT2D eigenvalue weighted by Crippen LogP contribution is 2.57. The third kappa shape index (κ3) is 2.42. The number of allylic oxidation sites excluding steroid dienone is 1. The Morgan fingerprint density at radius 3 is 2.25 bits per heavy atom. The third-order valence-corrected chi connectivity index (χ3v) is 5.57. The van der Waals surface area contributed by atoms with Crippen LogP contribution in [0.3, 0.4) is 0 Å². The summed E-state index contributed by atoms with van der Waals surface area (Å²) in [4.78, 5) is 10.9. The Labute approximate surface area is 120 Å². The smallest absolute Gasteiger partial charge is 0.243 e. The van der Waals surface area contributed by atoms with Gasteiger partial charge in [0.05, 0.1) is 6.07 Å². The Hall–Kier alpha value is -1.50. The number of primary amides is 1. The van der Waals surface area contributed by atoms with E-state index in [1.807, 2.05) is 6.92 Å². The van der Waals surface area contributed by atoms with Crippen LogP contribution in [0.2, 0.25) is 0 Å². The van der Waals surface area contributed by atoms with Gasteiger partial charge in [-0.3, -0.25) is 4.79 Å². The molecule has 1 unspecified atom stereocenters. The van der Waals surface area contributed by atoms with Gasteiger partial charge < -0.3 is 11.1 Å². The minimum atomic E-state index is -0.461. The Balaban J connectivity index is 1.74. The monoisotopic (exact) mass is 273 g/mol. The van der Waals surface area contributed by atoms with Crippen molar-refractivity contribution in [2.45, 2.75) is 45.1 Å². The molecular weight excluding hydrogens is 250 g/mol. The highest BCUT2D eigenvalue weighted by molar-refractivity contribution is 5.86. The standard InChI is InChI=1S/C16H23N3O/c1-9(2-15(18)20)19-14(8-17)16-12-4-10-3-11(6-12)7-13(16)5-10/h2,10-14,16,19H,3-7H2,1H3,(H2,18,20)/b9-2-. The van der Waals surface area contributed by atoms with Gasteiger partial charge in [0.2, 0.25) is 5.91 Å². The topological polar surface area (TPSA) is 78.9 Å². The molecule has 0 heterocycles. The molecule has 4 heteroatoms. The van der Waals surface area contributed by atoms with Gasteiger partial charge in [0.1, 0.15) is 6.04 Å². The molecule has 4 saturated carbocycles. The van der Waals surface area contributed by atoms with Gasteiger partial charge in [-0.2, -0.15) is 5.26 Å². The predicted octanol–water partition coefficient (Wildman–Crippen LogP) is 1.93. The number of amides is 1. The molecule has 0 aromatic rings. The predicted molar refractivity (Wildman–Crippen MR) is 76.0 cm³/mol. The van der Waals surface area contributed by atoms with E-state index >= 15 is 0 Å². The van der Waals surface area contributed by atoms with Gasteiger partial charge in [0.15, 0.2) is 0 Å². The van der Waals surface area contributed by atoms with Gasteiger partial charge in [0.25, 0.3) is 0 Å². The van der Waals surface area contributed by atoms with E-state index in [2.05, 4.69) is 11.4 Å². The van der Waals surface area contributed by atoms with Crippen molar-refractivity contribution in [3.05, 3.63) is 11.8 Å². The van der Waals surface area contributed by atoms with Crippen LogP contribution in [0.15, 0.2) is 11.8 Å². The highest BCUT2D eigenvalue weighted by atomic mass is 16.1. The van der Waals surface area contributed by atoms with Crippen LogP contribution < -0.4 is 11.1 Å². The molecule has 0 aromatic carbocycles. The van der Waals surface area contributed by atoms with Crippen LogP contribution >= 0.6 is 0 Å². The molecule has 0 saturated heterocycles. The molecule has 1 amide bonds. The van der Waals surface area contributed by atoms with Crippen molar-refractivity contribution in [3.63, 3.8) is 0 Å². The van der Waals surface area contributed by atoms with Crippen LogP contribution in [0.5, 0.6) is 0 Å².